The van der Waals surface area contributed by atoms with Crippen LogP contribution in [0.2, 0.25) is 0 Å². The van der Waals surface area contributed by atoms with Crippen molar-refractivity contribution in [3.8, 4) is 34.5 Å². The molecule has 6 saturated carbocycles. The van der Waals surface area contributed by atoms with Crippen molar-refractivity contribution >= 4 is 68.1 Å². The average Bonchev–Trinajstić information content (AvgIpc) is 1.71. The zero-order valence-corrected chi connectivity index (χ0v) is 58.6. The van der Waals surface area contributed by atoms with Crippen molar-refractivity contribution in [3.05, 3.63) is 249 Å². The average molecular weight is 1360 g/mol. The molecule has 12 atom stereocenters. The van der Waals surface area contributed by atoms with Crippen molar-refractivity contribution in [3.63, 3.8) is 0 Å². The quantitative estimate of drug-likeness (QED) is 0.0321. The van der Waals surface area contributed by atoms with E-state index in [4.69, 9.17) is 28.4 Å². The van der Waals surface area contributed by atoms with E-state index in [0.29, 0.717) is 70.8 Å². The van der Waals surface area contributed by atoms with Crippen LogP contribution in [-0.4, -0.2) is 35.8 Å². The Kier molecular flexibility index (Phi) is 17.8. The van der Waals surface area contributed by atoms with Gasteiger partial charge in [-0.3, -0.25) is 28.8 Å². The summed E-state index contributed by atoms with van der Waals surface area (Å²) >= 11 is 0. The number of carbonyl (C=O) groups is 6. The lowest BCUT2D eigenvalue weighted by molar-refractivity contribution is -0.138. The lowest BCUT2D eigenvalue weighted by Crippen LogP contribution is -2.16. The minimum atomic E-state index is -0.496. The van der Waals surface area contributed by atoms with Crippen LogP contribution in [0.5, 0.6) is 34.5 Å². The van der Waals surface area contributed by atoms with Crippen LogP contribution in [0, 0.1) is 35.5 Å². The van der Waals surface area contributed by atoms with Gasteiger partial charge in [0.2, 0.25) is 0 Å². The van der Waals surface area contributed by atoms with Gasteiger partial charge < -0.3 is 28.4 Å². The highest BCUT2D eigenvalue weighted by Crippen LogP contribution is 2.56. The molecule has 0 aromatic heterocycles. The van der Waals surface area contributed by atoms with Crippen molar-refractivity contribution in [2.24, 2.45) is 35.5 Å². The summed E-state index contributed by atoms with van der Waals surface area (Å²) in [5.41, 5.74) is 13.3. The van der Waals surface area contributed by atoms with Crippen molar-refractivity contribution < 1.29 is 57.2 Å². The first-order chi connectivity index (χ1) is 49.7. The third-order valence-electron chi connectivity index (χ3n) is 22.8. The standard InChI is InChI=1S/C90H84O12/c1-7-49-13-25-55(26-14-49)61-37-73(61)85(91)97-79-43-67-68(44-80(79)98-86(92)74-38-62(74)56-27-15-50(8-2)16-28-56)70-46-82(100-88(94)76-40-64(76)58-31-19-52(10-4)20-32-58)84(102-90(96)78-42-66(78)60-35-23-54(12-6)24-36-60)48-72(70)71-47-83(101-89(95)77-41-65(77)59-33-21-53(11-5)22-34-59)81(45-69(67)71)99-87(93)75-39-63(75)57-29-17-51(9-3)18-30-57/h13-36,43-48,61-66,73-78H,7-12,37-42H2,1-6H3. The molecule has 0 spiro atoms. The number of aryl methyl sites for hydroxylation is 6. The molecule has 6 aliphatic rings. The molecule has 0 heterocycles. The number of rotatable bonds is 24. The molecule has 6 aliphatic carbocycles. The molecule has 16 rings (SSSR count). The van der Waals surface area contributed by atoms with Crippen LogP contribution in [0.25, 0.3) is 32.3 Å². The Morgan fingerprint density at radius 1 is 0.225 bits per heavy atom. The summed E-state index contributed by atoms with van der Waals surface area (Å²) in [5, 5.41) is 2.78. The number of esters is 6. The van der Waals surface area contributed by atoms with Gasteiger partial charge in [-0.1, -0.05) is 187 Å². The molecule has 0 N–H and O–H groups in total. The Balaban J connectivity index is 0.853. The molecular weight excluding hydrogens is 1270 g/mol. The van der Waals surface area contributed by atoms with Crippen molar-refractivity contribution in [2.45, 2.75) is 154 Å². The van der Waals surface area contributed by atoms with Gasteiger partial charge in [-0.05, 0) is 248 Å². The highest BCUT2D eigenvalue weighted by molar-refractivity contribution is 6.27. The van der Waals surface area contributed by atoms with E-state index in [1.165, 1.54) is 33.4 Å². The minimum absolute atomic E-state index is 0.0130. The molecule has 0 aliphatic heterocycles. The molecule has 10 aromatic carbocycles. The van der Waals surface area contributed by atoms with Gasteiger partial charge in [0, 0.05) is 0 Å². The second-order valence-corrected chi connectivity index (χ2v) is 29.3. The summed E-state index contributed by atoms with van der Waals surface area (Å²) in [5.74, 6) is -6.52. The third-order valence-corrected chi connectivity index (χ3v) is 22.8. The number of fused-ring (bicyclic) bond motifs is 6. The van der Waals surface area contributed by atoms with Gasteiger partial charge in [-0.2, -0.15) is 0 Å². The fourth-order valence-electron chi connectivity index (χ4n) is 15.5. The number of hydrogen-bond acceptors (Lipinski definition) is 12. The number of carbonyl (C=O) groups excluding carboxylic acids is 6. The maximum Gasteiger partial charge on any atom is 0.315 e. The second-order valence-electron chi connectivity index (χ2n) is 29.3. The first kappa shape index (κ1) is 66.4. The Hall–Kier alpha value is -10.2. The number of hydrogen-bond donors (Lipinski definition) is 0. The summed E-state index contributed by atoms with van der Waals surface area (Å²) in [4.78, 5) is 88.9. The van der Waals surface area contributed by atoms with E-state index in [1.54, 1.807) is 36.4 Å². The van der Waals surface area contributed by atoms with Crippen LogP contribution in [0.15, 0.2) is 182 Å². The predicted molar refractivity (Wildman–Crippen MR) is 393 cm³/mol. The van der Waals surface area contributed by atoms with Crippen molar-refractivity contribution in [2.75, 3.05) is 0 Å². The van der Waals surface area contributed by atoms with Crippen molar-refractivity contribution in [1.29, 1.82) is 0 Å². The monoisotopic (exact) mass is 1360 g/mol. The largest absolute Gasteiger partial charge is 0.422 e. The lowest BCUT2D eigenvalue weighted by atomic mass is 9.93. The first-order valence-electron chi connectivity index (χ1n) is 37.0. The van der Waals surface area contributed by atoms with E-state index in [-0.39, 0.29) is 70.0 Å². The van der Waals surface area contributed by atoms with Crippen molar-refractivity contribution in [1.82, 2.24) is 0 Å². The molecule has 0 radical (unpaired) electrons. The Morgan fingerprint density at radius 3 is 0.471 bits per heavy atom. The molecule has 12 heteroatoms. The molecule has 10 aromatic rings. The highest BCUT2D eigenvalue weighted by Gasteiger charge is 2.51. The Morgan fingerprint density at radius 2 is 0.353 bits per heavy atom. The zero-order valence-electron chi connectivity index (χ0n) is 58.6. The van der Waals surface area contributed by atoms with E-state index in [2.05, 4.69) is 187 Å². The predicted octanol–water partition coefficient (Wildman–Crippen LogP) is 18.8. The minimum Gasteiger partial charge on any atom is -0.422 e. The SMILES string of the molecule is CCc1ccc(C2CC2C(=O)Oc2cc3c4cc(OC(=O)C5CC5c5ccc(CC)cc5)c(OC(=O)C5CC5c5ccc(CC)cc5)cc4c4cc(OC(=O)C5CC5c5ccc(CC)cc5)c(OC(=O)C5CC5c5ccc(CC)cc5)cc4c3cc2OC(=O)C2CC2c2ccc(CC)cc2)cc1. The fraction of sp³-hybridized carbons (Fsp3) is 0.333. The van der Waals surface area contributed by atoms with Crippen LogP contribution in [0.1, 0.15) is 182 Å². The fourth-order valence-corrected chi connectivity index (χ4v) is 15.5. The summed E-state index contributed by atoms with van der Waals surface area (Å²) < 4.78 is 39.4. The van der Waals surface area contributed by atoms with E-state index in [1.807, 2.05) is 0 Å². The number of ether oxygens (including phenoxy) is 6. The van der Waals surface area contributed by atoms with Gasteiger partial charge in [0.1, 0.15) is 0 Å². The van der Waals surface area contributed by atoms with Gasteiger partial charge >= 0.3 is 35.8 Å². The van der Waals surface area contributed by atoms with E-state index in [9.17, 15) is 28.8 Å². The summed E-state index contributed by atoms with van der Waals surface area (Å²) in [7, 11) is 0. The molecule has 0 amide bonds. The lowest BCUT2D eigenvalue weighted by Gasteiger charge is -2.19. The molecule has 516 valence electrons. The van der Waals surface area contributed by atoms with Gasteiger partial charge in [-0.15, -0.1) is 0 Å². The first-order valence-corrected chi connectivity index (χ1v) is 37.0. The van der Waals surface area contributed by atoms with Gasteiger partial charge in [0.25, 0.3) is 0 Å². The van der Waals surface area contributed by atoms with E-state index in [0.717, 1.165) is 71.9 Å². The topological polar surface area (TPSA) is 158 Å². The van der Waals surface area contributed by atoms with Crippen LogP contribution >= 0.6 is 0 Å². The summed E-state index contributed by atoms with van der Waals surface area (Å²) in [6.07, 6.45) is 8.63. The molecule has 102 heavy (non-hydrogen) atoms. The van der Waals surface area contributed by atoms with Gasteiger partial charge in [0.05, 0.1) is 35.5 Å². The molecule has 0 bridgehead atoms. The molecular formula is C90H84O12. The Bertz CT molecular complexity index is 4120. The second kappa shape index (κ2) is 27.3. The van der Waals surface area contributed by atoms with Crippen LogP contribution in [-0.2, 0) is 67.3 Å². The molecule has 12 unspecified atom stereocenters. The van der Waals surface area contributed by atoms with E-state index >= 15 is 0 Å². The maximum absolute atomic E-state index is 14.8. The molecule has 6 fully saturated rings. The van der Waals surface area contributed by atoms with Crippen LogP contribution in [0.4, 0.5) is 0 Å². The van der Waals surface area contributed by atoms with Gasteiger partial charge in [-0.25, -0.2) is 0 Å². The summed E-state index contributed by atoms with van der Waals surface area (Å²) in [6, 6.07) is 59.9. The number of benzene rings is 10. The van der Waals surface area contributed by atoms with Crippen LogP contribution in [0.3, 0.4) is 0 Å². The van der Waals surface area contributed by atoms with Crippen LogP contribution < -0.4 is 28.4 Å². The van der Waals surface area contributed by atoms with E-state index < -0.39 is 71.3 Å². The highest BCUT2D eigenvalue weighted by atomic mass is 16.6. The zero-order chi connectivity index (χ0) is 70.2. The normalized spacial score (nSPS) is 23.2. The van der Waals surface area contributed by atoms with Gasteiger partial charge in [0.15, 0.2) is 34.5 Å². The smallest absolute Gasteiger partial charge is 0.315 e. The molecule has 12 nitrogen and oxygen atoms in total. The molecule has 0 saturated heterocycles. The summed E-state index contributed by atoms with van der Waals surface area (Å²) in [6.45, 7) is 12.6. The Labute approximate surface area is 595 Å². The third kappa shape index (κ3) is 13.4. The maximum atomic E-state index is 14.8.